The fourth-order valence-corrected chi connectivity index (χ4v) is 1.76. The largest absolute Gasteiger partial charge is 0.464 e. The standard InChI is InChI=1S/C13H12ClNO3/c1-17-8-13(16)15-11-5-4-9(7-10(11)14)12-3-2-6-18-12/h2-7H,8H2,1H3,(H,15,16). The predicted octanol–water partition coefficient (Wildman–Crippen LogP) is 3.18. The fraction of sp³-hybridized carbons (Fsp3) is 0.154. The minimum absolute atomic E-state index is 0.00371. The topological polar surface area (TPSA) is 51.5 Å². The molecule has 0 bridgehead atoms. The van der Waals surface area contributed by atoms with Crippen LogP contribution in [0.2, 0.25) is 5.02 Å². The SMILES string of the molecule is COCC(=O)Nc1ccc(-c2ccco2)cc1Cl. The first-order valence-electron chi connectivity index (χ1n) is 5.33. The van der Waals surface area contributed by atoms with E-state index in [1.165, 1.54) is 7.11 Å². The molecule has 0 radical (unpaired) electrons. The van der Waals surface area contributed by atoms with Gasteiger partial charge in [0.25, 0.3) is 0 Å². The van der Waals surface area contributed by atoms with Crippen LogP contribution in [0.15, 0.2) is 41.0 Å². The van der Waals surface area contributed by atoms with Crippen LogP contribution in [-0.4, -0.2) is 19.6 Å². The molecule has 1 amide bonds. The van der Waals surface area contributed by atoms with Crippen LogP contribution >= 0.6 is 11.6 Å². The van der Waals surface area contributed by atoms with Crippen molar-refractivity contribution >= 4 is 23.2 Å². The number of furan rings is 1. The number of anilines is 1. The van der Waals surface area contributed by atoms with E-state index in [4.69, 9.17) is 20.8 Å². The Bertz CT molecular complexity index is 537. The van der Waals surface area contributed by atoms with E-state index in [-0.39, 0.29) is 12.5 Å². The van der Waals surface area contributed by atoms with E-state index in [0.29, 0.717) is 10.7 Å². The van der Waals surface area contributed by atoms with Gasteiger partial charge >= 0.3 is 0 Å². The molecule has 0 spiro atoms. The van der Waals surface area contributed by atoms with Crippen molar-refractivity contribution in [2.24, 2.45) is 0 Å². The number of benzene rings is 1. The molecular formula is C13H12ClNO3. The molecule has 0 saturated carbocycles. The molecule has 1 N–H and O–H groups in total. The highest BCUT2D eigenvalue weighted by atomic mass is 35.5. The third kappa shape index (κ3) is 2.91. The molecule has 0 unspecified atom stereocenters. The van der Waals surface area contributed by atoms with Gasteiger partial charge in [-0.2, -0.15) is 0 Å². The third-order valence-electron chi connectivity index (χ3n) is 2.32. The second kappa shape index (κ2) is 5.71. The molecule has 1 heterocycles. The number of carbonyl (C=O) groups is 1. The van der Waals surface area contributed by atoms with Gasteiger partial charge in [-0.1, -0.05) is 11.6 Å². The first kappa shape index (κ1) is 12.7. The maximum Gasteiger partial charge on any atom is 0.250 e. The number of hydrogen-bond acceptors (Lipinski definition) is 3. The predicted molar refractivity (Wildman–Crippen MR) is 69.7 cm³/mol. The van der Waals surface area contributed by atoms with Crippen molar-refractivity contribution in [3.63, 3.8) is 0 Å². The zero-order valence-electron chi connectivity index (χ0n) is 9.77. The lowest BCUT2D eigenvalue weighted by molar-refractivity contribution is -0.119. The Morgan fingerprint density at radius 1 is 1.44 bits per heavy atom. The van der Waals surface area contributed by atoms with Crippen molar-refractivity contribution in [1.29, 1.82) is 0 Å². The molecule has 0 aliphatic rings. The van der Waals surface area contributed by atoms with Gasteiger partial charge in [0.15, 0.2) is 0 Å². The Balaban J connectivity index is 2.18. The second-order valence-corrected chi connectivity index (χ2v) is 4.06. The van der Waals surface area contributed by atoms with Crippen LogP contribution in [0.1, 0.15) is 0 Å². The van der Waals surface area contributed by atoms with Crippen molar-refractivity contribution in [2.45, 2.75) is 0 Å². The first-order valence-corrected chi connectivity index (χ1v) is 5.70. The maximum atomic E-state index is 11.4. The van der Waals surface area contributed by atoms with Crippen molar-refractivity contribution in [3.05, 3.63) is 41.6 Å². The van der Waals surface area contributed by atoms with Crippen LogP contribution in [0.4, 0.5) is 5.69 Å². The highest BCUT2D eigenvalue weighted by Crippen LogP contribution is 2.28. The van der Waals surface area contributed by atoms with Crippen LogP contribution in [-0.2, 0) is 9.53 Å². The summed E-state index contributed by atoms with van der Waals surface area (Å²) in [6.45, 7) is -0.00371. The van der Waals surface area contributed by atoms with Gasteiger partial charge < -0.3 is 14.5 Å². The lowest BCUT2D eigenvalue weighted by Gasteiger charge is -2.07. The number of methoxy groups -OCH3 is 1. The molecule has 5 heteroatoms. The third-order valence-corrected chi connectivity index (χ3v) is 2.64. The molecule has 2 rings (SSSR count). The van der Waals surface area contributed by atoms with Crippen LogP contribution in [0, 0.1) is 0 Å². The molecule has 0 saturated heterocycles. The Hall–Kier alpha value is -1.78. The number of carbonyl (C=O) groups excluding carboxylic acids is 1. The zero-order valence-corrected chi connectivity index (χ0v) is 10.5. The van der Waals surface area contributed by atoms with Gasteiger partial charge in [-0.3, -0.25) is 4.79 Å². The number of ether oxygens (including phenoxy) is 1. The summed E-state index contributed by atoms with van der Waals surface area (Å²) in [4.78, 5) is 11.4. The Morgan fingerprint density at radius 3 is 2.89 bits per heavy atom. The van der Waals surface area contributed by atoms with E-state index in [0.717, 1.165) is 11.3 Å². The molecular weight excluding hydrogens is 254 g/mol. The summed E-state index contributed by atoms with van der Waals surface area (Å²) >= 11 is 6.09. The molecule has 0 fully saturated rings. The molecule has 94 valence electrons. The minimum Gasteiger partial charge on any atom is -0.464 e. The molecule has 1 aromatic carbocycles. The maximum absolute atomic E-state index is 11.4. The Morgan fingerprint density at radius 2 is 2.28 bits per heavy atom. The quantitative estimate of drug-likeness (QED) is 0.924. The molecule has 18 heavy (non-hydrogen) atoms. The summed E-state index contributed by atoms with van der Waals surface area (Å²) in [5.41, 5.74) is 1.41. The summed E-state index contributed by atoms with van der Waals surface area (Å²) in [6, 6.07) is 8.94. The second-order valence-electron chi connectivity index (χ2n) is 3.65. The summed E-state index contributed by atoms with van der Waals surface area (Å²) in [5, 5.41) is 3.11. The van der Waals surface area contributed by atoms with Crippen molar-refractivity contribution in [3.8, 4) is 11.3 Å². The van der Waals surface area contributed by atoms with E-state index >= 15 is 0 Å². The van der Waals surface area contributed by atoms with Gasteiger partial charge in [0.1, 0.15) is 12.4 Å². The molecule has 0 aliphatic heterocycles. The number of rotatable bonds is 4. The van der Waals surface area contributed by atoms with E-state index in [1.807, 2.05) is 12.1 Å². The van der Waals surface area contributed by atoms with Gasteiger partial charge in [-0.05, 0) is 30.3 Å². The van der Waals surface area contributed by atoms with Gasteiger partial charge in [-0.25, -0.2) is 0 Å². The highest BCUT2D eigenvalue weighted by Gasteiger charge is 2.08. The number of nitrogens with one attached hydrogen (secondary N) is 1. The molecule has 2 aromatic rings. The van der Waals surface area contributed by atoms with Crippen molar-refractivity contribution in [1.82, 2.24) is 0 Å². The fourth-order valence-electron chi connectivity index (χ4n) is 1.53. The van der Waals surface area contributed by atoms with Crippen LogP contribution in [0.5, 0.6) is 0 Å². The van der Waals surface area contributed by atoms with Crippen LogP contribution in [0.3, 0.4) is 0 Å². The monoisotopic (exact) mass is 265 g/mol. The lowest BCUT2D eigenvalue weighted by atomic mass is 10.1. The first-order chi connectivity index (χ1) is 8.70. The normalized spacial score (nSPS) is 10.3. The summed E-state index contributed by atoms with van der Waals surface area (Å²) < 4.78 is 10.00. The minimum atomic E-state index is -0.245. The van der Waals surface area contributed by atoms with Gasteiger partial charge in [-0.15, -0.1) is 0 Å². The van der Waals surface area contributed by atoms with Gasteiger partial charge in [0.2, 0.25) is 5.91 Å². The van der Waals surface area contributed by atoms with Gasteiger partial charge in [0.05, 0.1) is 17.0 Å². The number of halogens is 1. The molecule has 0 atom stereocenters. The lowest BCUT2D eigenvalue weighted by Crippen LogP contribution is -2.17. The van der Waals surface area contributed by atoms with Crippen LogP contribution in [0.25, 0.3) is 11.3 Å². The van der Waals surface area contributed by atoms with E-state index in [2.05, 4.69) is 5.32 Å². The molecule has 4 nitrogen and oxygen atoms in total. The van der Waals surface area contributed by atoms with Crippen molar-refractivity contribution in [2.75, 3.05) is 19.0 Å². The Kier molecular flexibility index (Phi) is 4.02. The Labute approximate surface area is 110 Å². The number of amides is 1. The molecule has 0 aliphatic carbocycles. The number of hydrogen-bond donors (Lipinski definition) is 1. The summed E-state index contributed by atoms with van der Waals surface area (Å²) in [7, 11) is 1.46. The van der Waals surface area contributed by atoms with Gasteiger partial charge in [0, 0.05) is 12.7 Å². The van der Waals surface area contributed by atoms with Crippen molar-refractivity contribution < 1.29 is 13.9 Å². The van der Waals surface area contributed by atoms with E-state index < -0.39 is 0 Å². The van der Waals surface area contributed by atoms with E-state index in [1.54, 1.807) is 24.5 Å². The molecule has 1 aromatic heterocycles. The average molecular weight is 266 g/mol. The highest BCUT2D eigenvalue weighted by molar-refractivity contribution is 6.34. The summed E-state index contributed by atoms with van der Waals surface area (Å²) in [5.74, 6) is 0.483. The summed E-state index contributed by atoms with van der Waals surface area (Å²) in [6.07, 6.45) is 1.59. The van der Waals surface area contributed by atoms with Crippen LogP contribution < -0.4 is 5.32 Å². The zero-order chi connectivity index (χ0) is 13.0. The van der Waals surface area contributed by atoms with E-state index in [9.17, 15) is 4.79 Å². The average Bonchev–Trinajstić information content (AvgIpc) is 2.85. The smallest absolute Gasteiger partial charge is 0.250 e.